The van der Waals surface area contributed by atoms with Gasteiger partial charge in [-0.05, 0) is 24.4 Å². The molecule has 0 aliphatic heterocycles. The van der Waals surface area contributed by atoms with Crippen LogP contribution in [0, 0.1) is 0 Å². The fraction of sp³-hybridized carbons (Fsp3) is 0.688. The maximum Gasteiger partial charge on any atom is 0.0852 e. The van der Waals surface area contributed by atoms with Gasteiger partial charge >= 0.3 is 0 Å². The normalized spacial score (nSPS) is 13.3. The van der Waals surface area contributed by atoms with Crippen LogP contribution in [0.4, 0.5) is 5.69 Å². The van der Waals surface area contributed by atoms with Crippen LogP contribution in [0.15, 0.2) is 12.3 Å². The summed E-state index contributed by atoms with van der Waals surface area (Å²) in [5.41, 5.74) is 2.92. The van der Waals surface area contributed by atoms with Crippen molar-refractivity contribution in [1.82, 2.24) is 4.98 Å². The van der Waals surface area contributed by atoms with E-state index < -0.39 is 8.07 Å². The van der Waals surface area contributed by atoms with Crippen LogP contribution in [0.3, 0.4) is 0 Å². The summed E-state index contributed by atoms with van der Waals surface area (Å²) in [6.07, 6.45) is 6.56. The second-order valence-corrected chi connectivity index (χ2v) is 12.4. The monoisotopic (exact) mass is 312 g/mol. The van der Waals surface area contributed by atoms with Crippen molar-refractivity contribution in [3.63, 3.8) is 0 Å². The molecule has 114 valence electrons. The third kappa shape index (κ3) is 5.10. The maximum absolute atomic E-state index is 6.33. The van der Waals surface area contributed by atoms with Crippen LogP contribution >= 0.6 is 11.6 Å². The van der Waals surface area contributed by atoms with Gasteiger partial charge in [-0.1, -0.05) is 57.9 Å². The van der Waals surface area contributed by atoms with Gasteiger partial charge in [0.15, 0.2) is 0 Å². The van der Waals surface area contributed by atoms with Crippen molar-refractivity contribution in [2.24, 2.45) is 0 Å². The van der Waals surface area contributed by atoms with Gasteiger partial charge in [0.1, 0.15) is 0 Å². The Morgan fingerprint density at radius 2 is 2.00 bits per heavy atom. The first-order chi connectivity index (χ1) is 9.40. The van der Waals surface area contributed by atoms with Crippen LogP contribution in [0.2, 0.25) is 30.2 Å². The molecular formula is C16H29ClN2Si. The summed E-state index contributed by atoms with van der Waals surface area (Å²) >= 11 is 6.33. The summed E-state index contributed by atoms with van der Waals surface area (Å²) < 4.78 is 0. The number of anilines is 1. The SMILES string of the molecule is CCc1nccc(NCCCC(CC)[Si](C)(C)C)c1Cl. The van der Waals surface area contributed by atoms with Gasteiger partial charge < -0.3 is 5.32 Å². The number of aromatic nitrogens is 1. The standard InChI is InChI=1S/C16H29ClN2Si/c1-6-13(20(3,4)5)9-8-11-18-15-10-12-19-14(7-2)16(15)17/h10,12-13H,6-9,11H2,1-5H3,(H,18,19). The van der Waals surface area contributed by atoms with E-state index in [0.717, 1.165) is 34.9 Å². The highest BCUT2D eigenvalue weighted by Crippen LogP contribution is 2.30. The zero-order chi connectivity index (χ0) is 15.2. The molecule has 0 bridgehead atoms. The Morgan fingerprint density at radius 3 is 2.55 bits per heavy atom. The Morgan fingerprint density at radius 1 is 1.30 bits per heavy atom. The number of nitrogens with one attached hydrogen (secondary N) is 1. The molecule has 0 fully saturated rings. The topological polar surface area (TPSA) is 24.9 Å². The van der Waals surface area contributed by atoms with Crippen molar-refractivity contribution >= 4 is 25.4 Å². The summed E-state index contributed by atoms with van der Waals surface area (Å²) in [5.74, 6) is 0. The number of hydrogen-bond donors (Lipinski definition) is 1. The zero-order valence-electron chi connectivity index (χ0n) is 13.6. The number of hydrogen-bond acceptors (Lipinski definition) is 2. The second-order valence-electron chi connectivity index (χ2n) is 6.51. The molecular weight excluding hydrogens is 284 g/mol. The smallest absolute Gasteiger partial charge is 0.0852 e. The molecule has 0 saturated heterocycles. The Kier molecular flexibility index (Phi) is 7.03. The van der Waals surface area contributed by atoms with Crippen molar-refractivity contribution in [2.75, 3.05) is 11.9 Å². The predicted octanol–water partition coefficient (Wildman–Crippen LogP) is 5.61. The van der Waals surface area contributed by atoms with E-state index in [1.165, 1.54) is 19.3 Å². The van der Waals surface area contributed by atoms with E-state index in [4.69, 9.17) is 11.6 Å². The average Bonchev–Trinajstić information content (AvgIpc) is 2.39. The van der Waals surface area contributed by atoms with Crippen molar-refractivity contribution < 1.29 is 0 Å². The van der Waals surface area contributed by atoms with Crippen LogP contribution in [-0.4, -0.2) is 19.6 Å². The summed E-state index contributed by atoms with van der Waals surface area (Å²) in [6.45, 7) is 12.8. The summed E-state index contributed by atoms with van der Waals surface area (Å²) in [6, 6.07) is 1.97. The number of halogens is 1. The lowest BCUT2D eigenvalue weighted by molar-refractivity contribution is 0.663. The van der Waals surface area contributed by atoms with E-state index in [2.05, 4.69) is 43.8 Å². The predicted molar refractivity (Wildman–Crippen MR) is 93.7 cm³/mol. The molecule has 4 heteroatoms. The lowest BCUT2D eigenvalue weighted by Crippen LogP contribution is -2.28. The lowest BCUT2D eigenvalue weighted by Gasteiger charge is -2.28. The highest BCUT2D eigenvalue weighted by atomic mass is 35.5. The highest BCUT2D eigenvalue weighted by Gasteiger charge is 2.24. The summed E-state index contributed by atoms with van der Waals surface area (Å²) in [4.78, 5) is 4.29. The van der Waals surface area contributed by atoms with Crippen LogP contribution in [-0.2, 0) is 6.42 Å². The molecule has 1 heterocycles. The minimum atomic E-state index is -1.01. The Labute approximate surface area is 130 Å². The van der Waals surface area contributed by atoms with Gasteiger partial charge in [-0.2, -0.15) is 0 Å². The second kappa shape index (κ2) is 8.04. The van der Waals surface area contributed by atoms with E-state index in [1.54, 1.807) is 0 Å². The molecule has 1 unspecified atom stereocenters. The minimum Gasteiger partial charge on any atom is -0.384 e. The molecule has 0 saturated carbocycles. The first-order valence-electron chi connectivity index (χ1n) is 7.77. The first-order valence-corrected chi connectivity index (χ1v) is 11.7. The van der Waals surface area contributed by atoms with Gasteiger partial charge in [-0.25, -0.2) is 0 Å². The highest BCUT2D eigenvalue weighted by molar-refractivity contribution is 6.77. The van der Waals surface area contributed by atoms with E-state index in [1.807, 2.05) is 12.3 Å². The lowest BCUT2D eigenvalue weighted by atomic mass is 10.2. The molecule has 2 nitrogen and oxygen atoms in total. The molecule has 0 aliphatic carbocycles. The molecule has 20 heavy (non-hydrogen) atoms. The minimum absolute atomic E-state index is 0.784. The van der Waals surface area contributed by atoms with E-state index in [9.17, 15) is 0 Å². The Balaban J connectivity index is 2.45. The van der Waals surface area contributed by atoms with Gasteiger partial charge in [0.2, 0.25) is 0 Å². The van der Waals surface area contributed by atoms with Crippen molar-refractivity contribution in [2.45, 2.75) is 64.7 Å². The molecule has 0 radical (unpaired) electrons. The number of rotatable bonds is 8. The van der Waals surface area contributed by atoms with Gasteiger partial charge in [0.05, 0.1) is 16.4 Å². The average molecular weight is 313 g/mol. The first kappa shape index (κ1) is 17.5. The molecule has 1 aromatic rings. The largest absolute Gasteiger partial charge is 0.384 e. The van der Waals surface area contributed by atoms with Crippen molar-refractivity contribution in [3.05, 3.63) is 23.0 Å². The Hall–Kier alpha value is -0.543. The van der Waals surface area contributed by atoms with Gasteiger partial charge in [-0.3, -0.25) is 4.98 Å². The number of pyridine rings is 1. The quantitative estimate of drug-likeness (QED) is 0.498. The molecule has 0 aliphatic rings. The Bertz CT molecular complexity index is 415. The van der Waals surface area contributed by atoms with E-state index in [0.29, 0.717) is 0 Å². The molecule has 0 amide bonds. The van der Waals surface area contributed by atoms with Crippen LogP contribution in [0.25, 0.3) is 0 Å². The fourth-order valence-electron chi connectivity index (χ4n) is 2.69. The molecule has 1 atom stereocenters. The number of nitrogens with zero attached hydrogens (tertiary/aromatic N) is 1. The third-order valence-corrected chi connectivity index (χ3v) is 7.63. The third-order valence-electron chi connectivity index (χ3n) is 4.06. The molecule has 0 spiro atoms. The van der Waals surface area contributed by atoms with Gasteiger partial charge in [0.25, 0.3) is 0 Å². The summed E-state index contributed by atoms with van der Waals surface area (Å²) in [5, 5.41) is 4.25. The molecule has 1 rings (SSSR count). The van der Waals surface area contributed by atoms with Crippen molar-refractivity contribution in [3.8, 4) is 0 Å². The molecule has 1 N–H and O–H groups in total. The van der Waals surface area contributed by atoms with E-state index >= 15 is 0 Å². The van der Waals surface area contributed by atoms with Crippen LogP contribution in [0.5, 0.6) is 0 Å². The molecule has 0 aromatic carbocycles. The van der Waals surface area contributed by atoms with Crippen LogP contribution < -0.4 is 5.32 Å². The van der Waals surface area contributed by atoms with Crippen LogP contribution in [0.1, 0.15) is 38.8 Å². The summed E-state index contributed by atoms with van der Waals surface area (Å²) in [7, 11) is -1.01. The van der Waals surface area contributed by atoms with Gasteiger partial charge in [-0.15, -0.1) is 0 Å². The van der Waals surface area contributed by atoms with E-state index in [-0.39, 0.29) is 0 Å². The molecule has 1 aromatic heterocycles. The van der Waals surface area contributed by atoms with Crippen molar-refractivity contribution in [1.29, 1.82) is 0 Å². The van der Waals surface area contributed by atoms with Gasteiger partial charge in [0, 0.05) is 20.8 Å². The number of aryl methyl sites for hydroxylation is 1. The fourth-order valence-corrected chi connectivity index (χ4v) is 5.30. The zero-order valence-corrected chi connectivity index (χ0v) is 15.3. The maximum atomic E-state index is 6.33.